The number of nitrogens with zero attached hydrogens (tertiary/aromatic N) is 4. The quantitative estimate of drug-likeness (QED) is 0.571. The lowest BCUT2D eigenvalue weighted by atomic mass is 9.81. The zero-order chi connectivity index (χ0) is 23.8. The Morgan fingerprint density at radius 3 is 2.58 bits per heavy atom. The topological polar surface area (TPSA) is 133 Å². The Kier molecular flexibility index (Phi) is 5.99. The number of sulfone groups is 1. The molecule has 0 saturated heterocycles. The molecule has 0 spiro atoms. The molecule has 1 saturated carbocycles. The number of alkyl halides is 3. The van der Waals surface area contributed by atoms with Crippen LogP contribution in [-0.2, 0) is 21.2 Å². The Morgan fingerprint density at radius 2 is 1.88 bits per heavy atom. The molecule has 176 valence electrons. The third-order valence-corrected chi connectivity index (χ3v) is 7.30. The van der Waals surface area contributed by atoms with Crippen molar-refractivity contribution in [1.29, 1.82) is 0 Å². The number of amides is 1. The average molecular weight is 482 g/mol. The van der Waals surface area contributed by atoms with Gasteiger partial charge in [0.25, 0.3) is 9.84 Å². The van der Waals surface area contributed by atoms with Crippen LogP contribution in [0.15, 0.2) is 41.8 Å². The lowest BCUT2D eigenvalue weighted by Crippen LogP contribution is -2.28. The van der Waals surface area contributed by atoms with E-state index in [1.165, 1.54) is 12.4 Å². The molecule has 33 heavy (non-hydrogen) atoms. The van der Waals surface area contributed by atoms with Gasteiger partial charge in [0.15, 0.2) is 11.5 Å². The molecule has 3 N–H and O–H groups in total. The molecule has 1 aliphatic carbocycles. The second-order valence-corrected chi connectivity index (χ2v) is 9.95. The number of hydrogen-bond donors (Lipinski definition) is 2. The second kappa shape index (κ2) is 8.61. The van der Waals surface area contributed by atoms with E-state index < -0.39 is 20.2 Å². The first-order valence-corrected chi connectivity index (χ1v) is 11.7. The van der Waals surface area contributed by atoms with Crippen LogP contribution >= 0.6 is 0 Å². The maximum Gasteiger partial charge on any atom is 0.501 e. The average Bonchev–Trinajstić information content (AvgIpc) is 3.18. The van der Waals surface area contributed by atoms with Crippen molar-refractivity contribution in [3.05, 3.63) is 36.9 Å². The van der Waals surface area contributed by atoms with Crippen molar-refractivity contribution in [3.63, 3.8) is 0 Å². The summed E-state index contributed by atoms with van der Waals surface area (Å²) in [6.07, 6.45) is 5.77. The highest BCUT2D eigenvalue weighted by Gasteiger charge is 2.46. The molecule has 1 aliphatic rings. The monoisotopic (exact) mass is 482 g/mol. The molecule has 0 unspecified atom stereocenters. The Hall–Kier alpha value is -3.22. The van der Waals surface area contributed by atoms with Crippen LogP contribution in [-0.4, -0.2) is 39.4 Å². The summed E-state index contributed by atoms with van der Waals surface area (Å²) < 4.78 is 63.5. The number of hydrogen-bond acceptors (Lipinski definition) is 7. The molecule has 0 bridgehead atoms. The van der Waals surface area contributed by atoms with Gasteiger partial charge in [-0.1, -0.05) is 6.07 Å². The molecule has 2 aromatic heterocycles. The predicted molar refractivity (Wildman–Crippen MR) is 113 cm³/mol. The van der Waals surface area contributed by atoms with Gasteiger partial charge in [-0.3, -0.25) is 4.79 Å². The second-order valence-electron chi connectivity index (χ2n) is 8.01. The van der Waals surface area contributed by atoms with Crippen LogP contribution in [0.3, 0.4) is 0 Å². The minimum atomic E-state index is -5.49. The summed E-state index contributed by atoms with van der Waals surface area (Å²) in [7, 11) is -5.49. The van der Waals surface area contributed by atoms with Crippen LogP contribution in [0.25, 0.3) is 11.2 Å². The van der Waals surface area contributed by atoms with Crippen molar-refractivity contribution in [2.75, 3.05) is 11.1 Å². The molecule has 9 nitrogen and oxygen atoms in total. The van der Waals surface area contributed by atoms with Gasteiger partial charge < -0.3 is 15.6 Å². The van der Waals surface area contributed by atoms with Gasteiger partial charge in [0.05, 0.1) is 11.2 Å². The summed E-state index contributed by atoms with van der Waals surface area (Å²) in [6.45, 7) is 0.665. The number of benzene rings is 1. The van der Waals surface area contributed by atoms with E-state index in [4.69, 9.17) is 5.73 Å². The molecular weight excluding hydrogens is 461 g/mol. The van der Waals surface area contributed by atoms with E-state index >= 15 is 0 Å². The zero-order valence-electron chi connectivity index (χ0n) is 17.3. The Labute approximate surface area is 187 Å². The van der Waals surface area contributed by atoms with E-state index in [1.54, 1.807) is 6.33 Å². The largest absolute Gasteiger partial charge is 0.501 e. The molecule has 13 heteroatoms. The Balaban J connectivity index is 1.36. The molecule has 4 rings (SSSR count). The van der Waals surface area contributed by atoms with Gasteiger partial charge in [0, 0.05) is 18.2 Å². The van der Waals surface area contributed by atoms with Gasteiger partial charge in [-0.2, -0.15) is 13.2 Å². The van der Waals surface area contributed by atoms with Crippen LogP contribution < -0.4 is 11.1 Å². The number of aromatic nitrogens is 4. The molecule has 1 aromatic carbocycles. The lowest BCUT2D eigenvalue weighted by Gasteiger charge is -2.28. The van der Waals surface area contributed by atoms with E-state index in [9.17, 15) is 26.4 Å². The highest BCUT2D eigenvalue weighted by atomic mass is 32.2. The third-order valence-electron chi connectivity index (χ3n) is 5.82. The SMILES string of the molecule is Nc1ncnc2c1ncn2CC1CCC(C(=O)Nc2cccc(S(=O)(=O)C(F)(F)F)c2)CC1. The third kappa shape index (κ3) is 4.63. The lowest BCUT2D eigenvalue weighted by molar-refractivity contribution is -0.121. The molecular formula is C20H21F3N6O3S. The summed E-state index contributed by atoms with van der Waals surface area (Å²) >= 11 is 0. The number of imidazole rings is 1. The fourth-order valence-electron chi connectivity index (χ4n) is 4.04. The van der Waals surface area contributed by atoms with E-state index in [0.717, 1.165) is 31.0 Å². The molecule has 0 aliphatic heterocycles. The van der Waals surface area contributed by atoms with Crippen molar-refractivity contribution in [3.8, 4) is 0 Å². The fraction of sp³-hybridized carbons (Fsp3) is 0.400. The fourth-order valence-corrected chi connectivity index (χ4v) is 4.84. The van der Waals surface area contributed by atoms with E-state index in [2.05, 4.69) is 20.3 Å². The number of anilines is 2. The number of nitrogens with two attached hydrogens (primary N) is 1. The highest BCUT2D eigenvalue weighted by molar-refractivity contribution is 7.92. The predicted octanol–water partition coefficient (Wildman–Crippen LogP) is 3.15. The number of fused-ring (bicyclic) bond motifs is 1. The van der Waals surface area contributed by atoms with E-state index in [1.807, 2.05) is 4.57 Å². The maximum atomic E-state index is 12.8. The number of nitrogen functional groups attached to an aromatic ring is 1. The first-order chi connectivity index (χ1) is 15.6. The van der Waals surface area contributed by atoms with Crippen molar-refractivity contribution in [2.24, 2.45) is 11.8 Å². The number of nitrogens with one attached hydrogen (secondary N) is 1. The maximum absolute atomic E-state index is 12.8. The Morgan fingerprint density at radius 1 is 1.15 bits per heavy atom. The van der Waals surface area contributed by atoms with Crippen molar-refractivity contribution in [2.45, 2.75) is 42.6 Å². The van der Waals surface area contributed by atoms with Gasteiger partial charge >= 0.3 is 5.51 Å². The summed E-state index contributed by atoms with van der Waals surface area (Å²) in [5.74, 6) is -0.0561. The summed E-state index contributed by atoms with van der Waals surface area (Å²) in [4.78, 5) is 24.1. The van der Waals surface area contributed by atoms with Crippen LogP contribution in [0.5, 0.6) is 0 Å². The first kappa shape index (κ1) is 23.0. The number of halogens is 3. The molecule has 3 aromatic rings. The molecule has 1 fully saturated rings. The summed E-state index contributed by atoms with van der Waals surface area (Å²) in [6, 6.07) is 4.19. The van der Waals surface area contributed by atoms with Gasteiger partial charge in [-0.15, -0.1) is 0 Å². The van der Waals surface area contributed by atoms with Crippen LogP contribution in [0, 0.1) is 11.8 Å². The van der Waals surface area contributed by atoms with Crippen molar-refractivity contribution < 1.29 is 26.4 Å². The number of carbonyl (C=O) groups excluding carboxylic acids is 1. The highest BCUT2D eigenvalue weighted by Crippen LogP contribution is 2.33. The van der Waals surface area contributed by atoms with Crippen molar-refractivity contribution >= 4 is 38.4 Å². The van der Waals surface area contributed by atoms with Gasteiger partial charge in [0.2, 0.25) is 5.91 Å². The van der Waals surface area contributed by atoms with Crippen molar-refractivity contribution in [1.82, 2.24) is 19.5 Å². The number of rotatable bonds is 5. The molecule has 0 atom stereocenters. The molecule has 2 heterocycles. The minimum Gasteiger partial charge on any atom is -0.382 e. The summed E-state index contributed by atoms with van der Waals surface area (Å²) in [5, 5.41) is 2.55. The standard InChI is InChI=1S/C20H21F3N6O3S/c21-20(22,23)33(31,32)15-3-1-2-14(8-15)28-19(30)13-6-4-12(5-7-13)9-29-11-27-16-17(24)25-10-26-18(16)29/h1-3,8,10-13H,4-7,9H2,(H,28,30)(H2,24,25,26). The molecule has 1 amide bonds. The van der Waals surface area contributed by atoms with Crippen LogP contribution in [0.4, 0.5) is 24.7 Å². The first-order valence-electron chi connectivity index (χ1n) is 10.2. The summed E-state index contributed by atoms with van der Waals surface area (Å²) in [5.41, 5.74) is 1.60. The van der Waals surface area contributed by atoms with Crippen LogP contribution in [0.2, 0.25) is 0 Å². The van der Waals surface area contributed by atoms with E-state index in [0.29, 0.717) is 42.3 Å². The minimum absolute atomic E-state index is 0.00889. The molecule has 0 radical (unpaired) electrons. The zero-order valence-corrected chi connectivity index (χ0v) is 18.1. The van der Waals surface area contributed by atoms with Gasteiger partial charge in [0.1, 0.15) is 11.8 Å². The van der Waals surface area contributed by atoms with Gasteiger partial charge in [-0.25, -0.2) is 23.4 Å². The Bertz CT molecular complexity index is 1280. The normalized spacial score (nSPS) is 19.5. The smallest absolute Gasteiger partial charge is 0.382 e. The van der Waals surface area contributed by atoms with E-state index in [-0.39, 0.29) is 17.5 Å². The van der Waals surface area contributed by atoms with Gasteiger partial charge in [-0.05, 0) is 49.8 Å². The van der Waals surface area contributed by atoms with Crippen LogP contribution in [0.1, 0.15) is 25.7 Å². The number of carbonyl (C=O) groups is 1.